The van der Waals surface area contributed by atoms with E-state index in [-0.39, 0.29) is 10.7 Å². The summed E-state index contributed by atoms with van der Waals surface area (Å²) in [6.07, 6.45) is 5.75. The molecule has 3 fully saturated rings. The molecular weight excluding hydrogens is 286 g/mol. The van der Waals surface area contributed by atoms with E-state index < -0.39 is 0 Å². The van der Waals surface area contributed by atoms with E-state index in [0.717, 1.165) is 43.4 Å². The van der Waals surface area contributed by atoms with Crippen molar-refractivity contribution in [1.82, 2.24) is 4.90 Å². The van der Waals surface area contributed by atoms with Gasteiger partial charge in [0.05, 0.1) is 17.1 Å². The van der Waals surface area contributed by atoms with Gasteiger partial charge in [0.2, 0.25) is 0 Å². The Morgan fingerprint density at radius 1 is 1.52 bits per heavy atom. The third-order valence-corrected chi connectivity index (χ3v) is 6.32. The first kappa shape index (κ1) is 13.7. The molecule has 4 rings (SSSR count). The van der Waals surface area contributed by atoms with Crippen LogP contribution in [-0.2, 0) is 4.74 Å². The van der Waals surface area contributed by atoms with E-state index in [4.69, 9.17) is 9.15 Å². The van der Waals surface area contributed by atoms with Crippen LogP contribution in [0.4, 0.5) is 0 Å². The van der Waals surface area contributed by atoms with Gasteiger partial charge in [0, 0.05) is 31.0 Å². The predicted molar refractivity (Wildman–Crippen MR) is 81.6 cm³/mol. The fraction of sp³-hybridized carbons (Fsp3) is 0.688. The summed E-state index contributed by atoms with van der Waals surface area (Å²) in [6.45, 7) is 4.52. The van der Waals surface area contributed by atoms with Crippen LogP contribution < -0.4 is 0 Å². The zero-order chi connectivity index (χ0) is 14.4. The van der Waals surface area contributed by atoms with Crippen molar-refractivity contribution in [3.05, 3.63) is 23.7 Å². The molecule has 2 saturated heterocycles. The van der Waals surface area contributed by atoms with Crippen LogP contribution in [-0.4, -0.2) is 47.1 Å². The van der Waals surface area contributed by atoms with Crippen molar-refractivity contribution in [2.45, 2.75) is 37.0 Å². The number of furan rings is 1. The molecule has 4 nitrogen and oxygen atoms in total. The Morgan fingerprint density at radius 2 is 2.33 bits per heavy atom. The van der Waals surface area contributed by atoms with Gasteiger partial charge in [0.25, 0.3) is 5.91 Å². The lowest BCUT2D eigenvalue weighted by molar-refractivity contribution is 0.0273. The number of carbonyl (C=O) groups is 1. The van der Waals surface area contributed by atoms with E-state index in [1.165, 1.54) is 12.8 Å². The van der Waals surface area contributed by atoms with E-state index in [2.05, 4.69) is 0 Å². The molecule has 0 bridgehead atoms. The Morgan fingerprint density at radius 3 is 3.00 bits per heavy atom. The van der Waals surface area contributed by atoms with E-state index >= 15 is 0 Å². The quantitative estimate of drug-likeness (QED) is 0.858. The lowest BCUT2D eigenvalue weighted by Gasteiger charge is -2.47. The van der Waals surface area contributed by atoms with Crippen molar-refractivity contribution in [3.63, 3.8) is 0 Å². The number of hydrogen-bond acceptors (Lipinski definition) is 4. The third-order valence-electron chi connectivity index (χ3n) is 4.74. The van der Waals surface area contributed by atoms with Crippen LogP contribution in [0.25, 0.3) is 0 Å². The molecule has 0 unspecified atom stereocenters. The minimum atomic E-state index is 0.0334. The van der Waals surface area contributed by atoms with E-state index in [1.807, 2.05) is 29.7 Å². The van der Waals surface area contributed by atoms with Crippen LogP contribution in [0.1, 0.15) is 35.4 Å². The summed E-state index contributed by atoms with van der Waals surface area (Å²) < 4.78 is 11.5. The molecule has 0 aromatic carbocycles. The molecule has 1 saturated carbocycles. The van der Waals surface area contributed by atoms with Crippen molar-refractivity contribution < 1.29 is 13.9 Å². The summed E-state index contributed by atoms with van der Waals surface area (Å²) in [5.41, 5.74) is 0.922. The van der Waals surface area contributed by atoms with Crippen LogP contribution >= 0.6 is 11.8 Å². The average molecular weight is 307 g/mol. The molecule has 1 aromatic rings. The molecule has 5 heteroatoms. The van der Waals surface area contributed by atoms with Gasteiger partial charge in [-0.05, 0) is 38.2 Å². The van der Waals surface area contributed by atoms with E-state index in [1.54, 1.807) is 6.26 Å². The van der Waals surface area contributed by atoms with Gasteiger partial charge in [-0.2, -0.15) is 0 Å². The normalized spacial score (nSPS) is 27.1. The van der Waals surface area contributed by atoms with Gasteiger partial charge < -0.3 is 14.1 Å². The Labute approximate surface area is 129 Å². The molecule has 114 valence electrons. The number of amides is 1. The largest absolute Gasteiger partial charge is 0.459 e. The number of ether oxygens (including phenoxy) is 1. The highest BCUT2D eigenvalue weighted by atomic mass is 32.2. The van der Waals surface area contributed by atoms with Gasteiger partial charge >= 0.3 is 0 Å². The second-order valence-electron chi connectivity index (χ2n) is 6.69. The maximum atomic E-state index is 12.3. The minimum Gasteiger partial charge on any atom is -0.459 e. The van der Waals surface area contributed by atoms with Crippen molar-refractivity contribution >= 4 is 17.7 Å². The number of nitrogens with zero attached hydrogens (tertiary/aromatic N) is 1. The second kappa shape index (κ2) is 5.06. The van der Waals surface area contributed by atoms with Gasteiger partial charge in [-0.3, -0.25) is 4.79 Å². The standard InChI is InChI=1S/C16H21NO3S/c1-11-4-5-19-14(11)15(18)17-9-16(10-17)6-13(8-21-16)20-7-12-2-3-12/h4-5,12-13H,2-3,6-10H2,1H3/t13-/m1/s1. The zero-order valence-corrected chi connectivity index (χ0v) is 13.2. The topological polar surface area (TPSA) is 42.7 Å². The summed E-state index contributed by atoms with van der Waals surface area (Å²) in [4.78, 5) is 14.3. The summed E-state index contributed by atoms with van der Waals surface area (Å²) in [6, 6.07) is 1.84. The number of rotatable bonds is 4. The third kappa shape index (κ3) is 2.61. The molecule has 0 N–H and O–H groups in total. The molecule has 1 aliphatic carbocycles. The molecule has 21 heavy (non-hydrogen) atoms. The first-order valence-electron chi connectivity index (χ1n) is 7.74. The minimum absolute atomic E-state index is 0.0334. The van der Waals surface area contributed by atoms with Gasteiger partial charge in [0.1, 0.15) is 0 Å². The zero-order valence-electron chi connectivity index (χ0n) is 12.3. The van der Waals surface area contributed by atoms with E-state index in [0.29, 0.717) is 11.9 Å². The summed E-state index contributed by atoms with van der Waals surface area (Å²) in [5, 5.41) is 0. The second-order valence-corrected chi connectivity index (χ2v) is 8.18. The molecule has 0 radical (unpaired) electrons. The fourth-order valence-corrected chi connectivity index (χ4v) is 4.77. The highest BCUT2D eigenvalue weighted by molar-refractivity contribution is 8.01. The lowest BCUT2D eigenvalue weighted by Crippen LogP contribution is -2.60. The average Bonchev–Trinajstić information content (AvgIpc) is 3.00. The predicted octanol–water partition coefficient (Wildman–Crippen LogP) is 2.71. The maximum absolute atomic E-state index is 12.3. The SMILES string of the molecule is Cc1ccoc1C(=O)N1CC2(C[C@@H](OCC3CC3)CS2)C1. The van der Waals surface area contributed by atoms with Gasteiger partial charge in [0.15, 0.2) is 5.76 Å². The molecule has 1 amide bonds. The van der Waals surface area contributed by atoms with Crippen molar-refractivity contribution in [2.24, 2.45) is 5.92 Å². The van der Waals surface area contributed by atoms with E-state index in [9.17, 15) is 4.79 Å². The number of hydrogen-bond donors (Lipinski definition) is 0. The van der Waals surface area contributed by atoms with Crippen LogP contribution in [0.5, 0.6) is 0 Å². The number of aryl methyl sites for hydroxylation is 1. The molecule has 1 spiro atoms. The van der Waals surface area contributed by atoms with Crippen LogP contribution in [0.15, 0.2) is 16.7 Å². The van der Waals surface area contributed by atoms with Crippen molar-refractivity contribution in [1.29, 1.82) is 0 Å². The van der Waals surface area contributed by atoms with Crippen LogP contribution in [0.3, 0.4) is 0 Å². The van der Waals surface area contributed by atoms with Crippen LogP contribution in [0, 0.1) is 12.8 Å². The number of thioether (sulfide) groups is 1. The summed E-state index contributed by atoms with van der Waals surface area (Å²) in [7, 11) is 0. The van der Waals surface area contributed by atoms with Crippen molar-refractivity contribution in [3.8, 4) is 0 Å². The molecule has 3 heterocycles. The van der Waals surface area contributed by atoms with Crippen LogP contribution in [0.2, 0.25) is 0 Å². The Bertz CT molecular complexity index is 545. The number of carbonyl (C=O) groups excluding carboxylic acids is 1. The lowest BCUT2D eigenvalue weighted by atomic mass is 9.92. The van der Waals surface area contributed by atoms with Gasteiger partial charge in [-0.15, -0.1) is 11.8 Å². The first-order chi connectivity index (χ1) is 10.2. The molecule has 1 aromatic heterocycles. The fourth-order valence-electron chi connectivity index (χ4n) is 3.22. The maximum Gasteiger partial charge on any atom is 0.289 e. The molecule has 1 atom stereocenters. The monoisotopic (exact) mass is 307 g/mol. The Balaban J connectivity index is 1.30. The smallest absolute Gasteiger partial charge is 0.289 e. The van der Waals surface area contributed by atoms with Crippen molar-refractivity contribution in [2.75, 3.05) is 25.4 Å². The van der Waals surface area contributed by atoms with Gasteiger partial charge in [-0.1, -0.05) is 0 Å². The summed E-state index contributed by atoms with van der Waals surface area (Å²) >= 11 is 1.98. The Hall–Kier alpha value is -0.940. The highest BCUT2D eigenvalue weighted by Gasteiger charge is 2.51. The molecule has 3 aliphatic rings. The van der Waals surface area contributed by atoms with Gasteiger partial charge in [-0.25, -0.2) is 0 Å². The first-order valence-corrected chi connectivity index (χ1v) is 8.73. The Kier molecular flexibility index (Phi) is 3.30. The number of likely N-dealkylation sites (tertiary alicyclic amines) is 1. The summed E-state index contributed by atoms with van der Waals surface area (Å²) in [5.74, 6) is 2.43. The molecular formula is C16H21NO3S. The molecule has 2 aliphatic heterocycles. The highest BCUT2D eigenvalue weighted by Crippen LogP contribution is 2.46.